The molecular weight excluding hydrogens is 433 g/mol. The maximum atomic E-state index is 13.3. The lowest BCUT2D eigenvalue weighted by atomic mass is 9.96. The van der Waals surface area contributed by atoms with E-state index in [2.05, 4.69) is 6.58 Å². The van der Waals surface area contributed by atoms with Crippen LogP contribution in [-0.4, -0.2) is 48.7 Å². The van der Waals surface area contributed by atoms with Gasteiger partial charge in [0.2, 0.25) is 0 Å². The van der Waals surface area contributed by atoms with Gasteiger partial charge < -0.3 is 5.73 Å². The number of halogens is 9. The Hall–Kier alpha value is -1.02. The van der Waals surface area contributed by atoms with Crippen molar-refractivity contribution in [2.75, 3.05) is 6.54 Å². The van der Waals surface area contributed by atoms with Gasteiger partial charge in [0.05, 0.1) is 0 Å². The Balaban J connectivity index is 0. The normalized spacial score (nSPS) is 14.9. The lowest BCUT2D eigenvalue weighted by Gasteiger charge is -2.36. The van der Waals surface area contributed by atoms with E-state index < -0.39 is 52.2 Å². The van der Waals surface area contributed by atoms with E-state index in [9.17, 15) is 47.9 Å². The highest BCUT2D eigenvalue weighted by Crippen LogP contribution is 2.55. The summed E-state index contributed by atoms with van der Waals surface area (Å²) >= 11 is 0. The van der Waals surface area contributed by atoms with Crippen molar-refractivity contribution in [1.29, 1.82) is 0 Å². The largest absolute Gasteiger partial charge is 0.438 e. The molecule has 0 saturated carbocycles. The number of rotatable bonds is 11. The Morgan fingerprint density at radius 2 is 1.43 bits per heavy atom. The summed E-state index contributed by atoms with van der Waals surface area (Å²) in [5.74, 6) is -20.6. The SMILES string of the molecule is C=CCN.CCCCCCC(F)C(F)(F)C(F)(F)C(F)(F)C(F)(F)S(=O)(=O)O. The zero-order valence-electron chi connectivity index (χ0n) is 14.8. The molecule has 0 saturated heterocycles. The van der Waals surface area contributed by atoms with Gasteiger partial charge in [-0.2, -0.15) is 43.5 Å². The van der Waals surface area contributed by atoms with Crippen LogP contribution in [0.15, 0.2) is 12.7 Å². The number of unbranched alkanes of at least 4 members (excludes halogenated alkanes) is 3. The van der Waals surface area contributed by atoms with E-state index in [1.165, 1.54) is 0 Å². The van der Waals surface area contributed by atoms with Gasteiger partial charge >= 0.3 is 33.1 Å². The average molecular weight is 455 g/mol. The van der Waals surface area contributed by atoms with E-state index >= 15 is 0 Å². The molecule has 4 nitrogen and oxygen atoms in total. The van der Waals surface area contributed by atoms with Crippen LogP contribution >= 0.6 is 0 Å². The Morgan fingerprint density at radius 1 is 1.00 bits per heavy atom. The van der Waals surface area contributed by atoms with Crippen molar-refractivity contribution in [3.8, 4) is 0 Å². The molecule has 0 aromatic carbocycles. The summed E-state index contributed by atoms with van der Waals surface area (Å²) < 4.78 is 146. The quantitative estimate of drug-likeness (QED) is 0.203. The second-order valence-electron chi connectivity index (χ2n) is 5.60. The van der Waals surface area contributed by atoms with E-state index in [0.717, 1.165) is 0 Å². The fourth-order valence-corrected chi connectivity index (χ4v) is 2.13. The third-order valence-corrected chi connectivity index (χ3v) is 4.28. The van der Waals surface area contributed by atoms with Crippen molar-refractivity contribution < 1.29 is 52.5 Å². The van der Waals surface area contributed by atoms with Gasteiger partial charge in [-0.25, -0.2) is 4.39 Å². The third-order valence-electron chi connectivity index (χ3n) is 3.37. The predicted molar refractivity (Wildman–Crippen MR) is 84.2 cm³/mol. The minimum atomic E-state index is -7.26. The molecule has 14 heteroatoms. The summed E-state index contributed by atoms with van der Waals surface area (Å²) in [5, 5.41) is -6.95. The predicted octanol–water partition coefficient (Wildman–Crippen LogP) is 4.81. The van der Waals surface area contributed by atoms with Gasteiger partial charge in [-0.15, -0.1) is 6.58 Å². The highest BCUT2D eigenvalue weighted by atomic mass is 32.2. The molecule has 0 aliphatic heterocycles. The average Bonchev–Trinajstić information content (AvgIpc) is 2.57. The Morgan fingerprint density at radius 3 is 1.75 bits per heavy atom. The van der Waals surface area contributed by atoms with Crippen LogP contribution in [0, 0.1) is 0 Å². The molecule has 0 aliphatic carbocycles. The van der Waals surface area contributed by atoms with Gasteiger partial charge in [-0.1, -0.05) is 38.7 Å². The summed E-state index contributed by atoms with van der Waals surface area (Å²) in [6.07, 6.45) is -2.92. The number of hydrogen-bond acceptors (Lipinski definition) is 3. The summed E-state index contributed by atoms with van der Waals surface area (Å²) in [5.41, 5.74) is 4.91. The van der Waals surface area contributed by atoms with Gasteiger partial charge in [-0.05, 0) is 6.42 Å². The Kier molecular flexibility index (Phi) is 11.1. The van der Waals surface area contributed by atoms with E-state index in [4.69, 9.17) is 10.3 Å². The standard InChI is InChI=1S/C11H15F9O3S.C3H7N/c1-2-3-4-5-6-7(12)8(13,14)9(15,16)10(17,18)11(19,20)24(21,22)23;1-2-3-4/h7H,2-6H2,1H3,(H,21,22,23);2H,1,3-4H2. The molecule has 0 amide bonds. The van der Waals surface area contributed by atoms with E-state index in [1.54, 1.807) is 13.0 Å². The van der Waals surface area contributed by atoms with Crippen molar-refractivity contribution in [2.45, 2.75) is 68.2 Å². The molecule has 1 atom stereocenters. The fraction of sp³-hybridized carbons (Fsp3) is 0.857. The first-order chi connectivity index (χ1) is 12.4. The van der Waals surface area contributed by atoms with Crippen LogP contribution in [0.2, 0.25) is 0 Å². The molecule has 0 aromatic heterocycles. The van der Waals surface area contributed by atoms with Crippen LogP contribution in [0.1, 0.15) is 39.0 Å². The maximum Gasteiger partial charge on any atom is 0.438 e. The molecule has 0 rings (SSSR count). The molecular formula is C14H22F9NO3S. The molecule has 170 valence electrons. The highest BCUT2D eigenvalue weighted by Gasteiger charge is 2.85. The number of hydrogen-bond donors (Lipinski definition) is 2. The zero-order valence-corrected chi connectivity index (χ0v) is 15.6. The maximum absolute atomic E-state index is 13.3. The van der Waals surface area contributed by atoms with Crippen molar-refractivity contribution in [3.63, 3.8) is 0 Å². The molecule has 28 heavy (non-hydrogen) atoms. The van der Waals surface area contributed by atoms with Crippen LogP contribution in [-0.2, 0) is 10.1 Å². The topological polar surface area (TPSA) is 80.4 Å². The number of alkyl halides is 9. The lowest BCUT2D eigenvalue weighted by molar-refractivity contribution is -0.359. The van der Waals surface area contributed by atoms with Gasteiger partial charge in [0.1, 0.15) is 0 Å². The minimum Gasteiger partial charge on any atom is -0.327 e. The second kappa shape index (κ2) is 10.7. The molecule has 0 heterocycles. The molecule has 1 unspecified atom stereocenters. The van der Waals surface area contributed by atoms with Gasteiger partial charge in [0, 0.05) is 6.54 Å². The van der Waals surface area contributed by atoms with Crippen LogP contribution in [0.5, 0.6) is 0 Å². The monoisotopic (exact) mass is 455 g/mol. The van der Waals surface area contributed by atoms with E-state index in [0.29, 0.717) is 19.4 Å². The molecule has 0 aromatic rings. The van der Waals surface area contributed by atoms with Crippen molar-refractivity contribution in [1.82, 2.24) is 0 Å². The summed E-state index contributed by atoms with van der Waals surface area (Å²) in [7, 11) is -7.17. The molecule has 0 bridgehead atoms. The highest BCUT2D eigenvalue weighted by molar-refractivity contribution is 7.87. The first-order valence-corrected chi connectivity index (χ1v) is 9.27. The summed E-state index contributed by atoms with van der Waals surface area (Å²) in [6.45, 7) is 5.61. The van der Waals surface area contributed by atoms with Gasteiger partial charge in [0.15, 0.2) is 6.17 Å². The summed E-state index contributed by atoms with van der Waals surface area (Å²) in [4.78, 5) is 0. The van der Waals surface area contributed by atoms with Gasteiger partial charge in [0.25, 0.3) is 0 Å². The third kappa shape index (κ3) is 6.24. The van der Waals surface area contributed by atoms with Crippen LogP contribution in [0.3, 0.4) is 0 Å². The van der Waals surface area contributed by atoms with Crippen LogP contribution < -0.4 is 5.73 Å². The van der Waals surface area contributed by atoms with E-state index in [1.807, 2.05) is 0 Å². The van der Waals surface area contributed by atoms with Crippen molar-refractivity contribution in [2.24, 2.45) is 5.73 Å². The smallest absolute Gasteiger partial charge is 0.327 e. The first kappa shape index (κ1) is 29.2. The van der Waals surface area contributed by atoms with Gasteiger partial charge in [-0.3, -0.25) is 4.55 Å². The second-order valence-corrected chi connectivity index (χ2v) is 7.07. The fourth-order valence-electron chi connectivity index (χ4n) is 1.68. The molecule has 0 spiro atoms. The zero-order chi connectivity index (χ0) is 23.0. The Labute approximate surface area is 156 Å². The van der Waals surface area contributed by atoms with Crippen LogP contribution in [0.25, 0.3) is 0 Å². The molecule has 0 radical (unpaired) electrons. The first-order valence-electron chi connectivity index (χ1n) is 7.83. The van der Waals surface area contributed by atoms with Crippen molar-refractivity contribution >= 4 is 10.1 Å². The molecule has 0 fully saturated rings. The van der Waals surface area contributed by atoms with Crippen LogP contribution in [0.4, 0.5) is 39.5 Å². The molecule has 3 N–H and O–H groups in total. The lowest BCUT2D eigenvalue weighted by Crippen LogP contribution is -2.66. The number of nitrogens with two attached hydrogens (primary N) is 1. The minimum absolute atomic E-state index is 0.107. The van der Waals surface area contributed by atoms with E-state index in [-0.39, 0.29) is 6.42 Å². The van der Waals surface area contributed by atoms with Crippen molar-refractivity contribution in [3.05, 3.63) is 12.7 Å². The summed E-state index contributed by atoms with van der Waals surface area (Å²) in [6, 6.07) is 0. The molecule has 0 aliphatic rings. The Bertz CT molecular complexity index is 583.